The van der Waals surface area contributed by atoms with Crippen molar-refractivity contribution in [3.8, 4) is 22.5 Å². The Kier molecular flexibility index (Phi) is 4.89. The molecule has 0 atom stereocenters. The van der Waals surface area contributed by atoms with E-state index in [1.54, 1.807) is 12.1 Å². The Morgan fingerprint density at radius 1 is 1.07 bits per heavy atom. The van der Waals surface area contributed by atoms with Gasteiger partial charge in [-0.1, -0.05) is 28.1 Å². The van der Waals surface area contributed by atoms with Crippen molar-refractivity contribution in [3.63, 3.8) is 0 Å². The summed E-state index contributed by atoms with van der Waals surface area (Å²) in [5, 5.41) is 0. The zero-order valence-electron chi connectivity index (χ0n) is 13.6. The van der Waals surface area contributed by atoms with Gasteiger partial charge in [0.25, 0.3) is 0 Å². The number of nitrogens with zero attached hydrogens (tertiary/aromatic N) is 1. The maximum atomic E-state index is 15.1. The molecular weight excluding hydrogens is 452 g/mol. The molecule has 10 heteroatoms. The van der Waals surface area contributed by atoms with Crippen LogP contribution in [-0.2, 0) is 16.0 Å². The fourth-order valence-corrected chi connectivity index (χ4v) is 3.55. The van der Waals surface area contributed by atoms with Crippen LogP contribution in [0, 0.1) is 5.82 Å². The molecule has 27 heavy (non-hydrogen) atoms. The number of nitrogens with one attached hydrogen (secondary N) is 1. The Hall–Kier alpha value is -2.20. The van der Waals surface area contributed by atoms with Crippen LogP contribution in [0.25, 0.3) is 22.5 Å². The quantitative estimate of drug-likeness (QED) is 0.552. The summed E-state index contributed by atoms with van der Waals surface area (Å²) in [6, 6.07) is 8.50. The lowest BCUT2D eigenvalue weighted by atomic mass is 9.98. The Morgan fingerprint density at radius 2 is 1.70 bits per heavy atom. The third kappa shape index (κ3) is 3.91. The molecule has 1 aromatic heterocycles. The fraction of sp³-hybridized carbons (Fsp3) is 0.118. The summed E-state index contributed by atoms with van der Waals surface area (Å²) in [4.78, 5) is 5.25. The van der Waals surface area contributed by atoms with Gasteiger partial charge in [0.2, 0.25) is 0 Å². The van der Waals surface area contributed by atoms with E-state index in [0.29, 0.717) is 16.2 Å². The monoisotopic (exact) mass is 462 g/mol. The summed E-state index contributed by atoms with van der Waals surface area (Å²) >= 11 is 3.24. The van der Waals surface area contributed by atoms with Crippen molar-refractivity contribution in [1.29, 1.82) is 0 Å². The van der Waals surface area contributed by atoms with Crippen molar-refractivity contribution >= 4 is 25.8 Å². The smallest absolute Gasteiger partial charge is 0.334 e. The maximum absolute atomic E-state index is 15.1. The highest BCUT2D eigenvalue weighted by Gasteiger charge is 2.33. The van der Waals surface area contributed by atoms with Gasteiger partial charge in [-0.15, -0.1) is 0 Å². The molecule has 0 spiro atoms. The number of alkyl halides is 3. The largest absolute Gasteiger partial charge is 0.432 e. The van der Waals surface area contributed by atoms with Crippen LogP contribution in [0.3, 0.4) is 0 Å². The van der Waals surface area contributed by atoms with E-state index in [2.05, 4.69) is 25.9 Å². The van der Waals surface area contributed by atoms with E-state index < -0.39 is 32.4 Å². The number of rotatable bonds is 3. The number of hydrogen-bond donors (Lipinski definition) is 1. The molecule has 0 fully saturated rings. The molecule has 3 aromatic rings. The molecule has 0 amide bonds. The molecule has 1 N–H and O–H groups in total. The lowest BCUT2D eigenvalue weighted by Gasteiger charge is -2.13. The van der Waals surface area contributed by atoms with E-state index in [0.717, 1.165) is 12.3 Å². The second kappa shape index (κ2) is 6.75. The maximum Gasteiger partial charge on any atom is 0.432 e. The SMILES string of the molecule is CS(=O)(=O)c1ccc(-c2ncc(C(F)(F)F)[nH]2)c(-c2ccc(Br)cc2)c1F. The van der Waals surface area contributed by atoms with E-state index in [1.807, 2.05) is 0 Å². The van der Waals surface area contributed by atoms with Crippen molar-refractivity contribution in [1.82, 2.24) is 9.97 Å². The first kappa shape index (κ1) is 19.6. The molecule has 0 aliphatic heterocycles. The lowest BCUT2D eigenvalue weighted by molar-refractivity contribution is -0.140. The standard InChI is InChI=1S/C17H11BrF4N2O2S/c1-27(25,26)12-7-6-11(16-23-8-13(24-16)17(20,21)22)14(15(12)19)9-2-4-10(18)5-3-9/h2-8H,1H3,(H,23,24). The number of aromatic nitrogens is 2. The lowest BCUT2D eigenvalue weighted by Crippen LogP contribution is -2.05. The highest BCUT2D eigenvalue weighted by molar-refractivity contribution is 9.10. The average molecular weight is 463 g/mol. The Bertz CT molecular complexity index is 1110. The summed E-state index contributed by atoms with van der Waals surface area (Å²) in [6.45, 7) is 0. The number of halogens is 5. The van der Waals surface area contributed by atoms with Gasteiger partial charge >= 0.3 is 6.18 Å². The van der Waals surface area contributed by atoms with Crippen LogP contribution in [0.1, 0.15) is 5.69 Å². The van der Waals surface area contributed by atoms with Gasteiger partial charge in [0.15, 0.2) is 9.84 Å². The van der Waals surface area contributed by atoms with Crippen molar-refractivity contribution in [2.75, 3.05) is 6.26 Å². The Morgan fingerprint density at radius 3 is 2.22 bits per heavy atom. The predicted octanol–water partition coefficient (Wildman–Crippen LogP) is 5.07. The van der Waals surface area contributed by atoms with Crippen LogP contribution in [0.2, 0.25) is 0 Å². The van der Waals surface area contributed by atoms with E-state index >= 15 is 4.39 Å². The zero-order valence-corrected chi connectivity index (χ0v) is 16.0. The van der Waals surface area contributed by atoms with Gasteiger partial charge < -0.3 is 4.98 Å². The number of H-pyrrole nitrogens is 1. The Balaban J connectivity index is 2.30. The highest BCUT2D eigenvalue weighted by Crippen LogP contribution is 2.37. The molecule has 2 aromatic carbocycles. The van der Waals surface area contributed by atoms with Crippen molar-refractivity contribution < 1.29 is 26.0 Å². The number of hydrogen-bond acceptors (Lipinski definition) is 3. The number of benzene rings is 2. The predicted molar refractivity (Wildman–Crippen MR) is 95.2 cm³/mol. The zero-order chi connectivity index (χ0) is 20.0. The Labute approximate surface area is 160 Å². The molecule has 142 valence electrons. The van der Waals surface area contributed by atoms with Gasteiger partial charge in [-0.05, 0) is 29.8 Å². The molecule has 0 radical (unpaired) electrons. The molecule has 0 saturated heterocycles. The molecule has 0 bridgehead atoms. The molecular formula is C17H11BrF4N2O2S. The minimum absolute atomic E-state index is 0.0118. The number of aromatic amines is 1. The van der Waals surface area contributed by atoms with E-state index in [9.17, 15) is 21.6 Å². The van der Waals surface area contributed by atoms with Crippen molar-refractivity contribution in [2.45, 2.75) is 11.1 Å². The van der Waals surface area contributed by atoms with Gasteiger partial charge in [-0.2, -0.15) is 13.2 Å². The normalized spacial score (nSPS) is 12.4. The fourth-order valence-electron chi connectivity index (χ4n) is 2.54. The van der Waals surface area contributed by atoms with Crippen LogP contribution >= 0.6 is 15.9 Å². The topological polar surface area (TPSA) is 62.8 Å². The minimum Gasteiger partial charge on any atom is -0.334 e. The minimum atomic E-state index is -4.64. The van der Waals surface area contributed by atoms with E-state index in [-0.39, 0.29) is 17.0 Å². The van der Waals surface area contributed by atoms with Crippen LogP contribution in [0.5, 0.6) is 0 Å². The highest BCUT2D eigenvalue weighted by atomic mass is 79.9. The van der Waals surface area contributed by atoms with Crippen LogP contribution < -0.4 is 0 Å². The first-order valence-electron chi connectivity index (χ1n) is 7.39. The summed E-state index contributed by atoms with van der Waals surface area (Å²) in [7, 11) is -3.88. The van der Waals surface area contributed by atoms with Gasteiger partial charge in [0, 0.05) is 21.9 Å². The third-order valence-electron chi connectivity index (χ3n) is 3.78. The summed E-state index contributed by atoms with van der Waals surface area (Å²) in [5.74, 6) is -1.28. The molecule has 0 saturated carbocycles. The molecule has 0 aliphatic rings. The first-order chi connectivity index (χ1) is 12.5. The van der Waals surface area contributed by atoms with Crippen LogP contribution in [0.4, 0.5) is 17.6 Å². The third-order valence-corrected chi connectivity index (χ3v) is 5.42. The van der Waals surface area contributed by atoms with E-state index in [1.165, 1.54) is 18.2 Å². The number of sulfone groups is 1. The molecule has 3 rings (SSSR count). The second-order valence-electron chi connectivity index (χ2n) is 5.72. The summed E-state index contributed by atoms with van der Waals surface area (Å²) in [5.41, 5.74) is -0.945. The first-order valence-corrected chi connectivity index (χ1v) is 10.1. The van der Waals surface area contributed by atoms with Crippen molar-refractivity contribution in [3.05, 3.63) is 58.6 Å². The van der Waals surface area contributed by atoms with E-state index in [4.69, 9.17) is 0 Å². The summed E-state index contributed by atoms with van der Waals surface area (Å²) < 4.78 is 78.1. The molecule has 1 heterocycles. The van der Waals surface area contributed by atoms with Crippen LogP contribution in [0.15, 0.2) is 52.0 Å². The van der Waals surface area contributed by atoms with Gasteiger partial charge in [0.05, 0.1) is 6.20 Å². The second-order valence-corrected chi connectivity index (χ2v) is 8.62. The molecule has 0 aliphatic carbocycles. The van der Waals surface area contributed by atoms with Crippen LogP contribution in [-0.4, -0.2) is 24.6 Å². The van der Waals surface area contributed by atoms with Crippen molar-refractivity contribution in [2.24, 2.45) is 0 Å². The van der Waals surface area contributed by atoms with Gasteiger partial charge in [0.1, 0.15) is 22.2 Å². The average Bonchev–Trinajstić information content (AvgIpc) is 3.04. The molecule has 4 nitrogen and oxygen atoms in total. The molecule has 0 unspecified atom stereocenters. The number of imidazole rings is 1. The summed E-state index contributed by atoms with van der Waals surface area (Å²) in [6.07, 6.45) is -3.19. The van der Waals surface area contributed by atoms with Gasteiger partial charge in [-0.3, -0.25) is 0 Å². The van der Waals surface area contributed by atoms with Gasteiger partial charge in [-0.25, -0.2) is 17.8 Å².